The van der Waals surface area contributed by atoms with Crippen LogP contribution in [0.25, 0.3) is 0 Å². The summed E-state index contributed by atoms with van der Waals surface area (Å²) in [7, 11) is 1.60. The quantitative estimate of drug-likeness (QED) is 0.722. The molecule has 0 aromatic carbocycles. The summed E-state index contributed by atoms with van der Waals surface area (Å²) in [5.41, 5.74) is 0.976. The number of hydrogen-bond donors (Lipinski definition) is 1. The van der Waals surface area contributed by atoms with Crippen molar-refractivity contribution >= 4 is 5.91 Å². The van der Waals surface area contributed by atoms with Gasteiger partial charge < -0.3 is 10.1 Å². The second-order valence-corrected chi connectivity index (χ2v) is 3.38. The van der Waals surface area contributed by atoms with Crippen LogP contribution in [0.1, 0.15) is 18.7 Å². The van der Waals surface area contributed by atoms with E-state index in [1.165, 1.54) is 0 Å². The minimum atomic E-state index is -0.281. The molecular weight excluding hydrogens is 194 g/mol. The summed E-state index contributed by atoms with van der Waals surface area (Å²) >= 11 is 0. The van der Waals surface area contributed by atoms with Gasteiger partial charge in [0.1, 0.15) is 6.04 Å². The first kappa shape index (κ1) is 11.7. The zero-order chi connectivity index (χ0) is 11.3. The summed E-state index contributed by atoms with van der Waals surface area (Å²) in [6, 6.07) is 1.59. The molecule has 0 fully saturated rings. The molecule has 0 radical (unpaired) electrons. The largest absolute Gasteiger partial charge is 0.383 e. The Bertz CT molecular complexity index is 322. The number of amides is 1. The number of methoxy groups -OCH3 is 1. The highest BCUT2D eigenvalue weighted by Crippen LogP contribution is 2.07. The molecule has 0 aliphatic heterocycles. The molecule has 84 valence electrons. The van der Waals surface area contributed by atoms with Gasteiger partial charge in [-0.1, -0.05) is 0 Å². The Morgan fingerprint density at radius 3 is 3.00 bits per heavy atom. The first-order valence-corrected chi connectivity index (χ1v) is 4.93. The van der Waals surface area contributed by atoms with E-state index in [1.807, 2.05) is 19.9 Å². The molecule has 0 aliphatic rings. The number of carbonyl (C=O) groups is 1. The molecule has 0 aliphatic carbocycles. The maximum Gasteiger partial charge on any atom is 0.244 e. The lowest BCUT2D eigenvalue weighted by atomic mass is 10.3. The first-order chi connectivity index (χ1) is 7.16. The number of carbonyl (C=O) groups excluding carboxylic acids is 1. The van der Waals surface area contributed by atoms with E-state index in [9.17, 15) is 4.79 Å². The average molecular weight is 211 g/mol. The third kappa shape index (κ3) is 3.06. The van der Waals surface area contributed by atoms with Crippen LogP contribution in [0, 0.1) is 6.92 Å². The van der Waals surface area contributed by atoms with Gasteiger partial charge in [-0.2, -0.15) is 5.10 Å². The van der Waals surface area contributed by atoms with Crippen molar-refractivity contribution in [2.75, 3.05) is 20.3 Å². The maximum absolute atomic E-state index is 11.6. The van der Waals surface area contributed by atoms with Crippen molar-refractivity contribution in [2.24, 2.45) is 0 Å². The number of ether oxygens (including phenoxy) is 1. The molecule has 5 nitrogen and oxygen atoms in total. The Balaban J connectivity index is 2.50. The lowest BCUT2D eigenvalue weighted by Gasteiger charge is -2.14. The molecule has 5 heteroatoms. The number of hydrogen-bond acceptors (Lipinski definition) is 3. The molecule has 1 unspecified atom stereocenters. The minimum absolute atomic E-state index is 0.0427. The second kappa shape index (κ2) is 5.50. The maximum atomic E-state index is 11.6. The van der Waals surface area contributed by atoms with E-state index in [0.717, 1.165) is 5.69 Å². The molecular formula is C10H17N3O2. The zero-order valence-corrected chi connectivity index (χ0v) is 9.36. The van der Waals surface area contributed by atoms with Crippen LogP contribution in [0.2, 0.25) is 0 Å². The predicted molar refractivity (Wildman–Crippen MR) is 56.6 cm³/mol. The van der Waals surface area contributed by atoms with Crippen LogP contribution in [0.15, 0.2) is 12.3 Å². The number of nitrogens with one attached hydrogen (secondary N) is 1. The molecule has 1 atom stereocenters. The van der Waals surface area contributed by atoms with Crippen LogP contribution in [0.5, 0.6) is 0 Å². The number of nitrogens with zero attached hydrogens (tertiary/aromatic N) is 2. The standard InChI is InChI=1S/C10H17N3O2/c1-8-4-5-12-13(8)9(2)10(14)11-6-7-15-3/h4-5,9H,6-7H2,1-3H3,(H,11,14). The van der Waals surface area contributed by atoms with E-state index >= 15 is 0 Å². The van der Waals surface area contributed by atoms with Gasteiger partial charge in [-0.15, -0.1) is 0 Å². The highest BCUT2D eigenvalue weighted by molar-refractivity contribution is 5.79. The van der Waals surface area contributed by atoms with Crippen LogP contribution in [-0.4, -0.2) is 35.9 Å². The van der Waals surface area contributed by atoms with Gasteiger partial charge in [0, 0.05) is 25.5 Å². The first-order valence-electron chi connectivity index (χ1n) is 4.93. The second-order valence-electron chi connectivity index (χ2n) is 3.38. The normalized spacial score (nSPS) is 12.5. The molecule has 0 saturated carbocycles. The number of aryl methyl sites for hydroxylation is 1. The van der Waals surface area contributed by atoms with Crippen molar-refractivity contribution in [2.45, 2.75) is 19.9 Å². The van der Waals surface area contributed by atoms with Gasteiger partial charge in [0.25, 0.3) is 0 Å². The van der Waals surface area contributed by atoms with Crippen molar-refractivity contribution in [3.8, 4) is 0 Å². The molecule has 15 heavy (non-hydrogen) atoms. The van der Waals surface area contributed by atoms with Crippen LogP contribution < -0.4 is 5.32 Å². The molecule has 1 heterocycles. The minimum Gasteiger partial charge on any atom is -0.383 e. The Kier molecular flexibility index (Phi) is 4.30. The van der Waals surface area contributed by atoms with Crippen LogP contribution in [0.3, 0.4) is 0 Å². The van der Waals surface area contributed by atoms with Crippen LogP contribution in [-0.2, 0) is 9.53 Å². The number of aromatic nitrogens is 2. The summed E-state index contributed by atoms with van der Waals surface area (Å²) in [6.07, 6.45) is 1.69. The lowest BCUT2D eigenvalue weighted by molar-refractivity contribution is -0.124. The molecule has 0 saturated heterocycles. The van der Waals surface area contributed by atoms with Crippen molar-refractivity contribution < 1.29 is 9.53 Å². The fourth-order valence-electron chi connectivity index (χ4n) is 1.32. The van der Waals surface area contributed by atoms with Gasteiger partial charge in [0.2, 0.25) is 5.91 Å². The predicted octanol–water partition coefficient (Wildman–Crippen LogP) is 0.515. The molecule has 1 aromatic rings. The Morgan fingerprint density at radius 2 is 2.47 bits per heavy atom. The summed E-state index contributed by atoms with van der Waals surface area (Å²) in [5, 5.41) is 6.86. The van der Waals surface area contributed by atoms with E-state index in [4.69, 9.17) is 4.74 Å². The topological polar surface area (TPSA) is 56.1 Å². The van der Waals surface area contributed by atoms with Crippen molar-refractivity contribution in [1.29, 1.82) is 0 Å². The summed E-state index contributed by atoms with van der Waals surface area (Å²) in [6.45, 7) is 4.80. The van der Waals surface area contributed by atoms with Gasteiger partial charge in [0.05, 0.1) is 6.61 Å². The summed E-state index contributed by atoms with van der Waals surface area (Å²) in [5.74, 6) is -0.0427. The molecule has 1 rings (SSSR count). The van der Waals surface area contributed by atoms with Gasteiger partial charge in [-0.25, -0.2) is 0 Å². The SMILES string of the molecule is COCCNC(=O)C(C)n1nccc1C. The van der Waals surface area contributed by atoms with Crippen molar-refractivity contribution in [3.05, 3.63) is 18.0 Å². The fourth-order valence-corrected chi connectivity index (χ4v) is 1.32. The van der Waals surface area contributed by atoms with Gasteiger partial charge in [-0.3, -0.25) is 9.48 Å². The van der Waals surface area contributed by atoms with Crippen molar-refractivity contribution in [1.82, 2.24) is 15.1 Å². The van der Waals surface area contributed by atoms with E-state index in [2.05, 4.69) is 10.4 Å². The van der Waals surface area contributed by atoms with E-state index in [0.29, 0.717) is 13.2 Å². The summed E-state index contributed by atoms with van der Waals surface area (Å²) < 4.78 is 6.55. The molecule has 0 bridgehead atoms. The number of rotatable bonds is 5. The van der Waals surface area contributed by atoms with Crippen LogP contribution >= 0.6 is 0 Å². The van der Waals surface area contributed by atoms with Crippen LogP contribution in [0.4, 0.5) is 0 Å². The molecule has 1 amide bonds. The van der Waals surface area contributed by atoms with Gasteiger partial charge in [0.15, 0.2) is 0 Å². The monoisotopic (exact) mass is 211 g/mol. The van der Waals surface area contributed by atoms with E-state index in [-0.39, 0.29) is 11.9 Å². The van der Waals surface area contributed by atoms with Crippen molar-refractivity contribution in [3.63, 3.8) is 0 Å². The lowest BCUT2D eigenvalue weighted by Crippen LogP contribution is -2.33. The fraction of sp³-hybridized carbons (Fsp3) is 0.600. The molecule has 0 spiro atoms. The summed E-state index contributed by atoms with van der Waals surface area (Å²) in [4.78, 5) is 11.6. The van der Waals surface area contributed by atoms with Gasteiger partial charge >= 0.3 is 0 Å². The smallest absolute Gasteiger partial charge is 0.244 e. The van der Waals surface area contributed by atoms with Gasteiger partial charge in [-0.05, 0) is 19.9 Å². The van der Waals surface area contributed by atoms with E-state index < -0.39 is 0 Å². The Morgan fingerprint density at radius 1 is 1.73 bits per heavy atom. The highest BCUT2D eigenvalue weighted by atomic mass is 16.5. The Labute approximate surface area is 89.4 Å². The average Bonchev–Trinajstić information content (AvgIpc) is 2.63. The molecule has 1 N–H and O–H groups in total. The Hall–Kier alpha value is -1.36. The zero-order valence-electron chi connectivity index (χ0n) is 9.36. The third-order valence-corrected chi connectivity index (χ3v) is 2.22. The third-order valence-electron chi connectivity index (χ3n) is 2.22. The molecule has 1 aromatic heterocycles. The van der Waals surface area contributed by atoms with E-state index in [1.54, 1.807) is 18.0 Å². The highest BCUT2D eigenvalue weighted by Gasteiger charge is 2.15.